The normalized spacial score (nSPS) is 10.5. The van der Waals surface area contributed by atoms with E-state index in [2.05, 4.69) is 33.2 Å². The molecule has 78 valence electrons. The molecule has 0 spiro atoms. The molecule has 3 nitrogen and oxygen atoms in total. The van der Waals surface area contributed by atoms with Gasteiger partial charge in [-0.15, -0.1) is 0 Å². The van der Waals surface area contributed by atoms with E-state index in [0.29, 0.717) is 12.4 Å². The summed E-state index contributed by atoms with van der Waals surface area (Å²) in [5.41, 5.74) is 7.94. The van der Waals surface area contributed by atoms with Gasteiger partial charge in [0.15, 0.2) is 0 Å². The quantitative estimate of drug-likeness (QED) is 0.907. The monoisotopic (exact) mass is 265 g/mol. The van der Waals surface area contributed by atoms with Crippen molar-refractivity contribution in [3.8, 4) is 0 Å². The molecule has 0 radical (unpaired) electrons. The first-order valence-corrected chi connectivity index (χ1v) is 5.49. The van der Waals surface area contributed by atoms with E-state index >= 15 is 0 Å². The lowest BCUT2D eigenvalue weighted by Crippen LogP contribution is -2.05. The van der Waals surface area contributed by atoms with Crippen molar-refractivity contribution in [3.05, 3.63) is 46.1 Å². The fraction of sp³-hybridized carbons (Fsp3) is 0.182. The van der Waals surface area contributed by atoms with Crippen molar-refractivity contribution in [2.45, 2.75) is 13.5 Å². The molecule has 1 aromatic heterocycles. The highest BCUT2D eigenvalue weighted by Crippen LogP contribution is 2.14. The second-order valence-electron chi connectivity index (χ2n) is 3.50. The van der Waals surface area contributed by atoms with Crippen LogP contribution < -0.4 is 5.73 Å². The summed E-state index contributed by atoms with van der Waals surface area (Å²) >= 11 is 3.44. The molecule has 4 heteroatoms. The van der Waals surface area contributed by atoms with Gasteiger partial charge in [-0.3, -0.25) is 0 Å². The summed E-state index contributed by atoms with van der Waals surface area (Å²) in [6.07, 6.45) is 0. The maximum atomic E-state index is 5.82. The van der Waals surface area contributed by atoms with Crippen LogP contribution in [-0.4, -0.2) is 9.78 Å². The Kier molecular flexibility index (Phi) is 2.77. The topological polar surface area (TPSA) is 43.8 Å². The first kappa shape index (κ1) is 10.2. The molecule has 0 atom stereocenters. The minimum Gasteiger partial charge on any atom is -0.384 e. The van der Waals surface area contributed by atoms with Crippen LogP contribution in [0.5, 0.6) is 0 Å². The Morgan fingerprint density at radius 1 is 1.40 bits per heavy atom. The molecule has 2 rings (SSSR count). The Morgan fingerprint density at radius 2 is 2.20 bits per heavy atom. The van der Waals surface area contributed by atoms with E-state index in [4.69, 9.17) is 5.73 Å². The van der Waals surface area contributed by atoms with Crippen molar-refractivity contribution in [3.63, 3.8) is 0 Å². The third-order valence-electron chi connectivity index (χ3n) is 2.15. The summed E-state index contributed by atoms with van der Waals surface area (Å²) in [6.45, 7) is 2.65. The van der Waals surface area contributed by atoms with Gasteiger partial charge < -0.3 is 5.73 Å². The fourth-order valence-electron chi connectivity index (χ4n) is 1.50. The average molecular weight is 266 g/mol. The molecule has 0 aliphatic heterocycles. The summed E-state index contributed by atoms with van der Waals surface area (Å²) < 4.78 is 2.87. The smallest absolute Gasteiger partial charge is 0.122 e. The number of benzene rings is 1. The number of aryl methyl sites for hydroxylation is 1. The molecule has 1 aromatic carbocycles. The van der Waals surface area contributed by atoms with Crippen molar-refractivity contribution in [2.75, 3.05) is 5.73 Å². The summed E-state index contributed by atoms with van der Waals surface area (Å²) in [7, 11) is 0. The molecule has 2 aromatic rings. The summed E-state index contributed by atoms with van der Waals surface area (Å²) in [4.78, 5) is 0. The molecule has 0 unspecified atom stereocenters. The maximum Gasteiger partial charge on any atom is 0.122 e. The molecule has 0 aliphatic rings. The van der Waals surface area contributed by atoms with Gasteiger partial charge in [0.05, 0.1) is 12.2 Å². The summed E-state index contributed by atoms with van der Waals surface area (Å²) in [6, 6.07) is 10.0. The Balaban J connectivity index is 2.25. The van der Waals surface area contributed by atoms with E-state index in [0.717, 1.165) is 10.2 Å². The lowest BCUT2D eigenvalue weighted by atomic mass is 10.2. The van der Waals surface area contributed by atoms with Crippen LogP contribution in [-0.2, 0) is 6.54 Å². The molecule has 0 saturated heterocycles. The Labute approximate surface area is 97.0 Å². The van der Waals surface area contributed by atoms with E-state index < -0.39 is 0 Å². The molecular formula is C11H12BrN3. The number of anilines is 1. The van der Waals surface area contributed by atoms with E-state index in [9.17, 15) is 0 Å². The molecule has 1 heterocycles. The molecule has 15 heavy (non-hydrogen) atoms. The van der Waals surface area contributed by atoms with E-state index in [-0.39, 0.29) is 0 Å². The van der Waals surface area contributed by atoms with Crippen LogP contribution in [0.15, 0.2) is 34.8 Å². The summed E-state index contributed by atoms with van der Waals surface area (Å²) in [5, 5.41) is 4.31. The van der Waals surface area contributed by atoms with Gasteiger partial charge in [-0.05, 0) is 24.6 Å². The van der Waals surface area contributed by atoms with Crippen molar-refractivity contribution < 1.29 is 0 Å². The van der Waals surface area contributed by atoms with Gasteiger partial charge >= 0.3 is 0 Å². The van der Waals surface area contributed by atoms with Crippen LogP contribution >= 0.6 is 15.9 Å². The number of hydrogen-bond acceptors (Lipinski definition) is 2. The first-order valence-electron chi connectivity index (χ1n) is 4.69. The van der Waals surface area contributed by atoms with Crippen molar-refractivity contribution in [2.24, 2.45) is 0 Å². The third kappa shape index (κ3) is 2.39. The molecule has 0 amide bonds. The predicted octanol–water partition coefficient (Wildman–Crippen LogP) is 2.58. The molecule has 0 bridgehead atoms. The lowest BCUT2D eigenvalue weighted by molar-refractivity contribution is 0.689. The number of nitrogens with two attached hydrogens (primary N) is 1. The average Bonchev–Trinajstić information content (AvgIpc) is 2.45. The number of nitrogen functional groups attached to an aromatic ring is 1. The van der Waals surface area contributed by atoms with Gasteiger partial charge in [0.2, 0.25) is 0 Å². The number of aromatic nitrogens is 2. The molecule has 2 N–H and O–H groups in total. The zero-order chi connectivity index (χ0) is 10.8. The molecule has 0 aliphatic carbocycles. The van der Waals surface area contributed by atoms with Gasteiger partial charge in [0.1, 0.15) is 5.82 Å². The van der Waals surface area contributed by atoms with Crippen LogP contribution in [0.3, 0.4) is 0 Å². The van der Waals surface area contributed by atoms with Crippen LogP contribution in [0.1, 0.15) is 11.3 Å². The molecule has 0 fully saturated rings. The van der Waals surface area contributed by atoms with Gasteiger partial charge in [0, 0.05) is 10.5 Å². The van der Waals surface area contributed by atoms with Crippen molar-refractivity contribution in [1.29, 1.82) is 0 Å². The highest BCUT2D eigenvalue weighted by Gasteiger charge is 2.02. The number of rotatable bonds is 2. The lowest BCUT2D eigenvalue weighted by Gasteiger charge is -2.04. The highest BCUT2D eigenvalue weighted by atomic mass is 79.9. The Hall–Kier alpha value is -1.29. The minimum absolute atomic E-state index is 0.701. The Morgan fingerprint density at radius 3 is 2.80 bits per heavy atom. The van der Waals surface area contributed by atoms with Crippen LogP contribution in [0, 0.1) is 6.92 Å². The van der Waals surface area contributed by atoms with Crippen LogP contribution in [0.2, 0.25) is 0 Å². The Bertz CT molecular complexity index is 476. The number of nitrogens with zero attached hydrogens (tertiary/aromatic N) is 2. The SMILES string of the molecule is Cc1cc(N)n(Cc2cccc(Br)c2)n1. The molecule has 0 saturated carbocycles. The standard InChI is InChI=1S/C11H12BrN3/c1-8-5-11(13)15(14-8)7-9-3-2-4-10(12)6-9/h2-6H,7,13H2,1H3. The highest BCUT2D eigenvalue weighted by molar-refractivity contribution is 9.10. The third-order valence-corrected chi connectivity index (χ3v) is 2.65. The second-order valence-corrected chi connectivity index (χ2v) is 4.41. The van der Waals surface area contributed by atoms with Crippen LogP contribution in [0.25, 0.3) is 0 Å². The molecular weight excluding hydrogens is 254 g/mol. The zero-order valence-corrected chi connectivity index (χ0v) is 10.0. The first-order chi connectivity index (χ1) is 7.15. The van der Waals surface area contributed by atoms with E-state index in [1.54, 1.807) is 4.68 Å². The summed E-state index contributed by atoms with van der Waals surface area (Å²) in [5.74, 6) is 0.701. The number of hydrogen-bond donors (Lipinski definition) is 1. The number of halogens is 1. The van der Waals surface area contributed by atoms with Gasteiger partial charge in [-0.25, -0.2) is 4.68 Å². The fourth-order valence-corrected chi connectivity index (χ4v) is 1.95. The van der Waals surface area contributed by atoms with Crippen molar-refractivity contribution >= 4 is 21.7 Å². The largest absolute Gasteiger partial charge is 0.384 e. The van der Waals surface area contributed by atoms with Gasteiger partial charge in [-0.2, -0.15) is 5.10 Å². The van der Waals surface area contributed by atoms with E-state index in [1.807, 2.05) is 25.1 Å². The van der Waals surface area contributed by atoms with Crippen LogP contribution in [0.4, 0.5) is 5.82 Å². The van der Waals surface area contributed by atoms with Gasteiger partial charge in [0.25, 0.3) is 0 Å². The van der Waals surface area contributed by atoms with Gasteiger partial charge in [-0.1, -0.05) is 28.1 Å². The zero-order valence-electron chi connectivity index (χ0n) is 8.44. The van der Waals surface area contributed by atoms with Crippen molar-refractivity contribution in [1.82, 2.24) is 9.78 Å². The predicted molar refractivity (Wildman–Crippen MR) is 64.6 cm³/mol. The minimum atomic E-state index is 0.701. The second kappa shape index (κ2) is 4.06. The maximum absolute atomic E-state index is 5.82. The van der Waals surface area contributed by atoms with E-state index in [1.165, 1.54) is 5.56 Å².